The molecule has 2 fully saturated rings. The van der Waals surface area contributed by atoms with Crippen molar-refractivity contribution in [1.82, 2.24) is 9.88 Å². The SMILES string of the molecule is C=N/N=C(\OCC(F)F)c1ccc(CN(C)c2cc(F)c(Br)cc2N(C=O)CC2CCN(C3COC3)CC2)nc1. The lowest BCUT2D eigenvalue weighted by Crippen LogP contribution is -2.52. The van der Waals surface area contributed by atoms with Crippen LogP contribution in [-0.2, 0) is 20.8 Å². The van der Waals surface area contributed by atoms with E-state index in [0.29, 0.717) is 41.1 Å². The fraction of sp³-hybridized carbons (Fsp3) is 0.481. The van der Waals surface area contributed by atoms with Crippen LogP contribution >= 0.6 is 15.9 Å². The highest BCUT2D eigenvalue weighted by molar-refractivity contribution is 9.10. The van der Waals surface area contributed by atoms with Crippen molar-refractivity contribution in [3.63, 3.8) is 0 Å². The molecule has 0 saturated carbocycles. The molecule has 2 aliphatic rings. The second kappa shape index (κ2) is 14.0. The number of rotatable bonds is 12. The number of ether oxygens (including phenoxy) is 2. The summed E-state index contributed by atoms with van der Waals surface area (Å²) >= 11 is 3.26. The average Bonchev–Trinajstić information content (AvgIpc) is 2.91. The zero-order valence-corrected chi connectivity index (χ0v) is 23.8. The van der Waals surface area contributed by atoms with Gasteiger partial charge in [0.2, 0.25) is 12.3 Å². The van der Waals surface area contributed by atoms with Crippen LogP contribution in [0.15, 0.2) is 45.1 Å². The number of anilines is 2. The van der Waals surface area contributed by atoms with E-state index in [2.05, 4.69) is 42.7 Å². The van der Waals surface area contributed by atoms with Gasteiger partial charge in [0.25, 0.3) is 6.43 Å². The van der Waals surface area contributed by atoms with Crippen LogP contribution in [0.25, 0.3) is 0 Å². The number of carbonyl (C=O) groups excluding carboxylic acids is 1. The number of alkyl halides is 2. The molecule has 13 heteroatoms. The summed E-state index contributed by atoms with van der Waals surface area (Å²) in [5, 5.41) is 7.02. The van der Waals surface area contributed by atoms with Crippen LogP contribution in [0, 0.1) is 11.7 Å². The molecule has 2 aromatic rings. The second-order valence-corrected chi connectivity index (χ2v) is 10.7. The molecule has 9 nitrogen and oxygen atoms in total. The van der Waals surface area contributed by atoms with Crippen molar-refractivity contribution in [1.29, 1.82) is 0 Å². The Kier molecular flexibility index (Phi) is 10.5. The maximum Gasteiger partial charge on any atom is 0.272 e. The molecule has 1 aromatic heterocycles. The summed E-state index contributed by atoms with van der Waals surface area (Å²) in [5.41, 5.74) is 2.09. The van der Waals surface area contributed by atoms with Gasteiger partial charge in [-0.2, -0.15) is 5.10 Å². The Morgan fingerprint density at radius 2 is 2.05 bits per heavy atom. The van der Waals surface area contributed by atoms with E-state index in [1.165, 1.54) is 12.3 Å². The van der Waals surface area contributed by atoms with Crippen LogP contribution in [-0.4, -0.2) is 87.9 Å². The van der Waals surface area contributed by atoms with Gasteiger partial charge in [-0.1, -0.05) is 0 Å². The first kappa shape index (κ1) is 29.9. The van der Waals surface area contributed by atoms with E-state index in [1.54, 1.807) is 35.0 Å². The topological polar surface area (TPSA) is 82.9 Å². The smallest absolute Gasteiger partial charge is 0.272 e. The highest BCUT2D eigenvalue weighted by Crippen LogP contribution is 2.35. The van der Waals surface area contributed by atoms with Crippen molar-refractivity contribution in [2.24, 2.45) is 16.1 Å². The zero-order valence-electron chi connectivity index (χ0n) is 22.2. The van der Waals surface area contributed by atoms with Gasteiger partial charge in [0, 0.05) is 32.6 Å². The monoisotopic (exact) mass is 624 g/mol. The normalized spacial score (nSPS) is 17.0. The molecule has 40 heavy (non-hydrogen) atoms. The molecule has 0 N–H and O–H groups in total. The van der Waals surface area contributed by atoms with Gasteiger partial charge in [-0.15, -0.1) is 5.10 Å². The predicted molar refractivity (Wildman–Crippen MR) is 151 cm³/mol. The van der Waals surface area contributed by atoms with Gasteiger partial charge in [0.15, 0.2) is 6.61 Å². The summed E-state index contributed by atoms with van der Waals surface area (Å²) in [6.07, 6.45) is 1.50. The Balaban J connectivity index is 1.46. The summed E-state index contributed by atoms with van der Waals surface area (Å²) in [6.45, 7) is 6.73. The third-order valence-corrected chi connectivity index (χ3v) is 7.69. The van der Waals surface area contributed by atoms with Gasteiger partial charge in [-0.25, -0.2) is 13.2 Å². The van der Waals surface area contributed by atoms with E-state index in [-0.39, 0.29) is 16.9 Å². The maximum absolute atomic E-state index is 14.7. The van der Waals surface area contributed by atoms with Gasteiger partial charge in [0.05, 0.1) is 52.9 Å². The van der Waals surface area contributed by atoms with Gasteiger partial charge < -0.3 is 19.3 Å². The summed E-state index contributed by atoms with van der Waals surface area (Å²) in [7, 11) is 1.78. The standard InChI is InChI=1S/C27H32BrF3N6O3/c1-32-34-27(40-16-26(30)31)19-3-4-20(33-11-19)13-35(2)24-10-23(29)22(28)9-25(24)37(17-38)12-18-5-7-36(8-6-18)21-14-39-15-21/h3-4,9-11,17-18,21,26H,1,5-8,12-16H2,2H3/b34-27-. The quantitative estimate of drug-likeness (QED) is 0.151. The number of nitrogens with zero attached hydrogens (tertiary/aromatic N) is 6. The second-order valence-electron chi connectivity index (χ2n) is 9.83. The first-order chi connectivity index (χ1) is 19.3. The fourth-order valence-corrected chi connectivity index (χ4v) is 5.15. The summed E-state index contributed by atoms with van der Waals surface area (Å²) in [4.78, 5) is 22.5. The third kappa shape index (κ3) is 7.58. The van der Waals surface area contributed by atoms with E-state index < -0.39 is 18.8 Å². The third-order valence-electron chi connectivity index (χ3n) is 7.08. The number of likely N-dealkylation sites (tertiary alicyclic amines) is 1. The Labute approximate surface area is 239 Å². The Hall–Kier alpha value is -3.03. The molecule has 0 atom stereocenters. The number of pyridine rings is 1. The van der Waals surface area contributed by atoms with Gasteiger partial charge >= 0.3 is 0 Å². The Bertz CT molecular complexity index is 1190. The minimum atomic E-state index is -2.67. The average molecular weight is 625 g/mol. The van der Waals surface area contributed by atoms with Crippen LogP contribution < -0.4 is 9.80 Å². The van der Waals surface area contributed by atoms with Crippen LogP contribution in [0.2, 0.25) is 0 Å². The molecule has 2 saturated heterocycles. The van der Waals surface area contributed by atoms with Crippen LogP contribution in [0.3, 0.4) is 0 Å². The lowest BCUT2D eigenvalue weighted by Gasteiger charge is -2.42. The molecular weight excluding hydrogens is 593 g/mol. The van der Waals surface area contributed by atoms with Crippen molar-refractivity contribution < 1.29 is 27.4 Å². The van der Waals surface area contributed by atoms with Gasteiger partial charge in [-0.05, 0) is 66.0 Å². The molecule has 0 bridgehead atoms. The van der Waals surface area contributed by atoms with Crippen molar-refractivity contribution in [3.8, 4) is 0 Å². The van der Waals surface area contributed by atoms with Crippen LogP contribution in [0.4, 0.5) is 24.5 Å². The Morgan fingerprint density at radius 3 is 2.62 bits per heavy atom. The van der Waals surface area contributed by atoms with Crippen LogP contribution in [0.1, 0.15) is 24.1 Å². The highest BCUT2D eigenvalue weighted by atomic mass is 79.9. The van der Waals surface area contributed by atoms with E-state index in [4.69, 9.17) is 9.47 Å². The van der Waals surface area contributed by atoms with Crippen molar-refractivity contribution >= 4 is 46.3 Å². The van der Waals surface area contributed by atoms with Crippen molar-refractivity contribution in [2.75, 3.05) is 56.3 Å². The fourth-order valence-electron chi connectivity index (χ4n) is 4.82. The van der Waals surface area contributed by atoms with Crippen LogP contribution in [0.5, 0.6) is 0 Å². The molecule has 0 unspecified atom stereocenters. The van der Waals surface area contributed by atoms with Crippen molar-refractivity contribution in [3.05, 3.63) is 52.0 Å². The molecule has 2 aliphatic heterocycles. The number of halogens is 4. The van der Waals surface area contributed by atoms with E-state index in [0.717, 1.165) is 45.6 Å². The molecule has 216 valence electrons. The summed E-state index contributed by atoms with van der Waals surface area (Å²) in [6, 6.07) is 6.82. The lowest BCUT2D eigenvalue weighted by atomic mass is 9.94. The minimum Gasteiger partial charge on any atom is -0.470 e. The number of benzene rings is 1. The number of piperidine rings is 1. The molecule has 0 spiro atoms. The number of carbonyl (C=O) groups is 1. The molecule has 0 aliphatic carbocycles. The van der Waals surface area contributed by atoms with E-state index >= 15 is 0 Å². The number of hydrogen-bond acceptors (Lipinski definition) is 8. The van der Waals surface area contributed by atoms with E-state index in [1.807, 2.05) is 0 Å². The predicted octanol–water partition coefficient (Wildman–Crippen LogP) is 4.34. The molecule has 3 heterocycles. The van der Waals surface area contributed by atoms with E-state index in [9.17, 15) is 18.0 Å². The zero-order chi connectivity index (χ0) is 28.6. The molecule has 1 amide bonds. The molecular formula is C27H32BrF3N6O3. The number of hydrogen-bond donors (Lipinski definition) is 0. The Morgan fingerprint density at radius 1 is 1.30 bits per heavy atom. The van der Waals surface area contributed by atoms with Crippen molar-refractivity contribution in [2.45, 2.75) is 31.9 Å². The van der Waals surface area contributed by atoms with Gasteiger partial charge in [-0.3, -0.25) is 14.7 Å². The summed E-state index contributed by atoms with van der Waals surface area (Å²) in [5.74, 6) is -0.245. The minimum absolute atomic E-state index is 0.117. The lowest BCUT2D eigenvalue weighted by molar-refractivity contribution is -0.107. The molecule has 0 radical (unpaired) electrons. The maximum atomic E-state index is 14.7. The molecule has 4 rings (SSSR count). The number of aromatic nitrogens is 1. The summed E-state index contributed by atoms with van der Waals surface area (Å²) < 4.78 is 50.4. The first-order valence-electron chi connectivity index (χ1n) is 12.9. The van der Waals surface area contributed by atoms with Gasteiger partial charge in [0.1, 0.15) is 5.82 Å². The molecule has 1 aromatic carbocycles. The first-order valence-corrected chi connectivity index (χ1v) is 13.7. The highest BCUT2D eigenvalue weighted by Gasteiger charge is 2.30. The number of amides is 1. The largest absolute Gasteiger partial charge is 0.470 e.